The number of rotatable bonds is 2. The van der Waals surface area contributed by atoms with Crippen LogP contribution in [0.3, 0.4) is 0 Å². The lowest BCUT2D eigenvalue weighted by Crippen LogP contribution is -2.36. The maximum absolute atomic E-state index is 12.1. The molecule has 0 saturated heterocycles. The maximum Gasteiger partial charge on any atom is 0.220 e. The minimum atomic E-state index is 0.125. The molecule has 1 saturated carbocycles. The topological polar surface area (TPSA) is 65.0 Å². The molecule has 1 fully saturated rings. The molecule has 2 aliphatic rings. The Labute approximate surface area is 141 Å². The van der Waals surface area contributed by atoms with Crippen LogP contribution in [-0.2, 0) is 11.2 Å². The second kappa shape index (κ2) is 5.96. The number of methoxy groups -OCH3 is 1. The second-order valence-electron chi connectivity index (χ2n) is 6.76. The van der Waals surface area contributed by atoms with Gasteiger partial charge in [0.15, 0.2) is 5.82 Å². The average molecular weight is 323 g/mol. The van der Waals surface area contributed by atoms with Gasteiger partial charge in [0, 0.05) is 41.8 Å². The fourth-order valence-electron chi connectivity index (χ4n) is 4.24. The summed E-state index contributed by atoms with van der Waals surface area (Å²) in [5.74, 6) is 2.56. The van der Waals surface area contributed by atoms with Crippen LogP contribution < -0.4 is 4.74 Å². The van der Waals surface area contributed by atoms with Crippen molar-refractivity contribution in [2.45, 2.75) is 38.5 Å². The molecule has 124 valence electrons. The van der Waals surface area contributed by atoms with Gasteiger partial charge in [-0.05, 0) is 37.3 Å². The molecule has 24 heavy (non-hydrogen) atoms. The number of fused-ring (bicyclic) bond motifs is 3. The third kappa shape index (κ3) is 2.39. The van der Waals surface area contributed by atoms with Crippen LogP contribution in [0.2, 0.25) is 0 Å². The maximum atomic E-state index is 12.1. The third-order valence-corrected chi connectivity index (χ3v) is 5.56. The van der Waals surface area contributed by atoms with Crippen LogP contribution in [-0.4, -0.2) is 27.8 Å². The van der Waals surface area contributed by atoms with E-state index >= 15 is 0 Å². The normalized spacial score (nSPS) is 25.8. The summed E-state index contributed by atoms with van der Waals surface area (Å²) in [7, 11) is 1.66. The van der Waals surface area contributed by atoms with Gasteiger partial charge < -0.3 is 4.74 Å². The number of ketones is 1. The SMILES string of the molecule is COc1nc(-c2cccnc2)nc2c1CCC1C(C)C(=O)CCC21. The number of aromatic nitrogens is 3. The number of hydrogen-bond donors (Lipinski definition) is 0. The van der Waals surface area contributed by atoms with Crippen LogP contribution in [0.4, 0.5) is 0 Å². The van der Waals surface area contributed by atoms with Gasteiger partial charge in [-0.15, -0.1) is 0 Å². The summed E-state index contributed by atoms with van der Waals surface area (Å²) >= 11 is 0. The van der Waals surface area contributed by atoms with Crippen molar-refractivity contribution in [3.05, 3.63) is 35.8 Å². The smallest absolute Gasteiger partial charge is 0.220 e. The summed E-state index contributed by atoms with van der Waals surface area (Å²) in [4.78, 5) is 25.8. The summed E-state index contributed by atoms with van der Waals surface area (Å²) in [5.41, 5.74) is 3.09. The number of nitrogens with zero attached hydrogens (tertiary/aromatic N) is 3. The van der Waals surface area contributed by atoms with Crippen molar-refractivity contribution in [2.24, 2.45) is 11.8 Å². The van der Waals surface area contributed by atoms with Crippen LogP contribution in [0.5, 0.6) is 5.88 Å². The van der Waals surface area contributed by atoms with Gasteiger partial charge in [0.2, 0.25) is 5.88 Å². The molecule has 4 rings (SSSR count). The Hall–Kier alpha value is -2.30. The van der Waals surface area contributed by atoms with E-state index in [9.17, 15) is 4.79 Å². The molecule has 3 atom stereocenters. The van der Waals surface area contributed by atoms with Crippen molar-refractivity contribution in [1.82, 2.24) is 15.0 Å². The Balaban J connectivity index is 1.83. The van der Waals surface area contributed by atoms with Crippen LogP contribution in [0.1, 0.15) is 43.4 Å². The van der Waals surface area contributed by atoms with Gasteiger partial charge in [-0.2, -0.15) is 4.98 Å². The van der Waals surface area contributed by atoms with Crippen molar-refractivity contribution in [3.63, 3.8) is 0 Å². The van der Waals surface area contributed by atoms with Crippen LogP contribution in [0, 0.1) is 11.8 Å². The first kappa shape index (κ1) is 15.2. The summed E-state index contributed by atoms with van der Waals surface area (Å²) in [5, 5.41) is 0. The average Bonchev–Trinajstić information content (AvgIpc) is 2.64. The highest BCUT2D eigenvalue weighted by Crippen LogP contribution is 2.47. The molecule has 0 amide bonds. The van der Waals surface area contributed by atoms with Gasteiger partial charge in [-0.3, -0.25) is 9.78 Å². The zero-order chi connectivity index (χ0) is 16.7. The van der Waals surface area contributed by atoms with Gasteiger partial charge >= 0.3 is 0 Å². The lowest BCUT2D eigenvalue weighted by Gasteiger charge is -2.39. The molecule has 0 aromatic carbocycles. The molecule has 5 nitrogen and oxygen atoms in total. The molecular weight excluding hydrogens is 302 g/mol. The highest BCUT2D eigenvalue weighted by Gasteiger charge is 2.41. The van der Waals surface area contributed by atoms with Crippen molar-refractivity contribution in [1.29, 1.82) is 0 Å². The predicted octanol–water partition coefficient (Wildman–Crippen LogP) is 3.19. The minimum Gasteiger partial charge on any atom is -0.481 e. The molecule has 2 heterocycles. The molecule has 0 spiro atoms. The number of carbonyl (C=O) groups is 1. The van der Waals surface area contributed by atoms with Crippen LogP contribution in [0.25, 0.3) is 11.4 Å². The van der Waals surface area contributed by atoms with E-state index in [-0.39, 0.29) is 5.92 Å². The largest absolute Gasteiger partial charge is 0.481 e. The first-order valence-electron chi connectivity index (χ1n) is 8.57. The van der Waals surface area contributed by atoms with Crippen molar-refractivity contribution < 1.29 is 9.53 Å². The second-order valence-corrected chi connectivity index (χ2v) is 6.76. The van der Waals surface area contributed by atoms with Crippen LogP contribution in [0.15, 0.2) is 24.5 Å². The van der Waals surface area contributed by atoms with E-state index in [1.165, 1.54) is 0 Å². The van der Waals surface area contributed by atoms with Gasteiger partial charge in [-0.25, -0.2) is 4.98 Å². The van der Waals surface area contributed by atoms with Gasteiger partial charge in [0.1, 0.15) is 5.78 Å². The fraction of sp³-hybridized carbons (Fsp3) is 0.474. The number of pyridine rings is 1. The zero-order valence-corrected chi connectivity index (χ0v) is 14.0. The predicted molar refractivity (Wildman–Crippen MR) is 89.8 cm³/mol. The van der Waals surface area contributed by atoms with E-state index < -0.39 is 0 Å². The molecule has 2 aromatic heterocycles. The van der Waals surface area contributed by atoms with E-state index in [1.54, 1.807) is 19.5 Å². The lowest BCUT2D eigenvalue weighted by molar-refractivity contribution is -0.126. The Morgan fingerprint density at radius 1 is 1.21 bits per heavy atom. The zero-order valence-electron chi connectivity index (χ0n) is 14.0. The molecule has 2 aliphatic carbocycles. The van der Waals surface area contributed by atoms with E-state index in [0.29, 0.717) is 35.7 Å². The summed E-state index contributed by atoms with van der Waals surface area (Å²) in [6.07, 6.45) is 6.93. The van der Waals surface area contributed by atoms with Crippen molar-refractivity contribution >= 4 is 5.78 Å². The Kier molecular flexibility index (Phi) is 3.79. The number of ether oxygens (including phenoxy) is 1. The van der Waals surface area contributed by atoms with E-state index in [1.807, 2.05) is 12.1 Å². The summed E-state index contributed by atoms with van der Waals surface area (Å²) in [6.45, 7) is 2.07. The van der Waals surface area contributed by atoms with Crippen LogP contribution >= 0.6 is 0 Å². The fourth-order valence-corrected chi connectivity index (χ4v) is 4.24. The molecule has 3 unspecified atom stereocenters. The first-order chi connectivity index (χ1) is 11.7. The molecular formula is C19H21N3O2. The molecule has 2 aromatic rings. The third-order valence-electron chi connectivity index (χ3n) is 5.56. The minimum absolute atomic E-state index is 0.125. The first-order valence-corrected chi connectivity index (χ1v) is 8.57. The van der Waals surface area contributed by atoms with Crippen molar-refractivity contribution in [3.8, 4) is 17.3 Å². The number of hydrogen-bond acceptors (Lipinski definition) is 5. The highest BCUT2D eigenvalue weighted by molar-refractivity contribution is 5.82. The lowest BCUT2D eigenvalue weighted by atomic mass is 9.65. The molecule has 0 N–H and O–H groups in total. The standard InChI is InChI=1S/C19H21N3O2/c1-11-13-5-6-15-17(14(13)7-8-16(11)23)21-18(22-19(15)24-2)12-4-3-9-20-10-12/h3-4,9-11,13-14H,5-8H2,1-2H3. The highest BCUT2D eigenvalue weighted by atomic mass is 16.5. The Morgan fingerprint density at radius 3 is 2.83 bits per heavy atom. The monoisotopic (exact) mass is 323 g/mol. The summed E-state index contributed by atoms with van der Waals surface area (Å²) in [6, 6.07) is 3.84. The van der Waals surface area contributed by atoms with Gasteiger partial charge in [0.25, 0.3) is 0 Å². The molecule has 0 bridgehead atoms. The molecule has 0 radical (unpaired) electrons. The molecule has 5 heteroatoms. The Bertz CT molecular complexity index is 776. The number of carbonyl (C=O) groups excluding carboxylic acids is 1. The summed E-state index contributed by atoms with van der Waals surface area (Å²) < 4.78 is 5.56. The van der Waals surface area contributed by atoms with Gasteiger partial charge in [-0.1, -0.05) is 6.92 Å². The van der Waals surface area contributed by atoms with Gasteiger partial charge in [0.05, 0.1) is 12.8 Å². The quantitative estimate of drug-likeness (QED) is 0.849. The van der Waals surface area contributed by atoms with E-state index in [4.69, 9.17) is 9.72 Å². The van der Waals surface area contributed by atoms with E-state index in [2.05, 4.69) is 16.9 Å². The van der Waals surface area contributed by atoms with Crippen molar-refractivity contribution in [2.75, 3.05) is 7.11 Å². The Morgan fingerprint density at radius 2 is 2.08 bits per heavy atom. The molecule has 0 aliphatic heterocycles. The number of Topliss-reactive ketones (excluding diaryl/α,β-unsaturated/α-hetero) is 1. The van der Waals surface area contributed by atoms with E-state index in [0.717, 1.165) is 36.1 Å².